The van der Waals surface area contributed by atoms with Crippen LogP contribution >= 0.6 is 0 Å². The van der Waals surface area contributed by atoms with Crippen LogP contribution in [-0.4, -0.2) is 51.0 Å². The number of nitrogens with one attached hydrogen (secondary N) is 2. The van der Waals surface area contributed by atoms with Crippen LogP contribution in [0.15, 0.2) is 0 Å². The highest BCUT2D eigenvalue weighted by Crippen LogP contribution is 2.03. The van der Waals surface area contributed by atoms with Crippen molar-refractivity contribution >= 4 is 5.91 Å². The van der Waals surface area contributed by atoms with Gasteiger partial charge >= 0.3 is 0 Å². The van der Waals surface area contributed by atoms with Gasteiger partial charge in [0.1, 0.15) is 6.61 Å². The summed E-state index contributed by atoms with van der Waals surface area (Å²) in [4.78, 5) is 11.3. The molecule has 1 fully saturated rings. The fourth-order valence-electron chi connectivity index (χ4n) is 1.71. The van der Waals surface area contributed by atoms with Gasteiger partial charge in [-0.2, -0.15) is 0 Å². The normalized spacial score (nSPS) is 24.6. The van der Waals surface area contributed by atoms with Gasteiger partial charge in [-0.1, -0.05) is 13.3 Å². The van der Waals surface area contributed by atoms with E-state index in [1.165, 1.54) is 0 Å². The second-order valence-corrected chi connectivity index (χ2v) is 4.45. The highest BCUT2D eigenvalue weighted by atomic mass is 16.5. The van der Waals surface area contributed by atoms with Crippen molar-refractivity contribution in [1.82, 2.24) is 10.6 Å². The monoisotopic (exact) mass is 244 g/mol. The standard InChI is InChI=1S/C12H24N2O3/c1-3-4-5-14-12(15)9-16-8-11-7-13-6-10(2)17-11/h10-11,13H,3-9H2,1-2H3,(H,14,15). The van der Waals surface area contributed by atoms with Crippen LogP contribution in [0, 0.1) is 0 Å². The first-order valence-electron chi connectivity index (χ1n) is 6.43. The van der Waals surface area contributed by atoms with E-state index in [9.17, 15) is 4.79 Å². The lowest BCUT2D eigenvalue weighted by Crippen LogP contribution is -2.45. The summed E-state index contributed by atoms with van der Waals surface area (Å²) >= 11 is 0. The molecule has 1 saturated heterocycles. The Morgan fingerprint density at radius 2 is 2.35 bits per heavy atom. The third-order valence-corrected chi connectivity index (χ3v) is 2.62. The fourth-order valence-corrected chi connectivity index (χ4v) is 1.71. The summed E-state index contributed by atoms with van der Waals surface area (Å²) in [5, 5.41) is 6.07. The van der Waals surface area contributed by atoms with E-state index in [-0.39, 0.29) is 24.7 Å². The number of hydrogen-bond donors (Lipinski definition) is 2. The van der Waals surface area contributed by atoms with Crippen LogP contribution in [0.4, 0.5) is 0 Å². The summed E-state index contributed by atoms with van der Waals surface area (Å²) in [5.74, 6) is -0.0460. The lowest BCUT2D eigenvalue weighted by Gasteiger charge is -2.28. The molecule has 0 aromatic carbocycles. The molecule has 2 unspecified atom stereocenters. The maximum atomic E-state index is 11.3. The maximum Gasteiger partial charge on any atom is 0.245 e. The molecule has 0 spiro atoms. The van der Waals surface area contributed by atoms with Gasteiger partial charge in [-0.05, 0) is 13.3 Å². The molecule has 5 heteroatoms. The van der Waals surface area contributed by atoms with E-state index in [4.69, 9.17) is 9.47 Å². The van der Waals surface area contributed by atoms with Crippen LogP contribution in [0.25, 0.3) is 0 Å². The van der Waals surface area contributed by atoms with Crippen molar-refractivity contribution in [3.63, 3.8) is 0 Å². The minimum atomic E-state index is -0.0460. The molecule has 0 saturated carbocycles. The molecule has 5 nitrogen and oxygen atoms in total. The Bertz CT molecular complexity index is 224. The zero-order valence-electron chi connectivity index (χ0n) is 10.8. The van der Waals surface area contributed by atoms with E-state index in [1.54, 1.807) is 0 Å². The van der Waals surface area contributed by atoms with Gasteiger partial charge in [0.2, 0.25) is 5.91 Å². The summed E-state index contributed by atoms with van der Waals surface area (Å²) in [6, 6.07) is 0. The Balaban J connectivity index is 2.00. The van der Waals surface area contributed by atoms with Crippen molar-refractivity contribution < 1.29 is 14.3 Å². The molecule has 1 aliphatic heterocycles. The van der Waals surface area contributed by atoms with Crippen LogP contribution in [0.5, 0.6) is 0 Å². The second-order valence-electron chi connectivity index (χ2n) is 4.45. The van der Waals surface area contributed by atoms with E-state index in [0.29, 0.717) is 6.61 Å². The van der Waals surface area contributed by atoms with Crippen LogP contribution in [-0.2, 0) is 14.3 Å². The van der Waals surface area contributed by atoms with Crippen LogP contribution < -0.4 is 10.6 Å². The van der Waals surface area contributed by atoms with E-state index in [1.807, 2.05) is 6.92 Å². The number of morpholine rings is 1. The Morgan fingerprint density at radius 3 is 3.06 bits per heavy atom. The minimum absolute atomic E-state index is 0.0460. The van der Waals surface area contributed by atoms with Gasteiger partial charge in [-0.25, -0.2) is 0 Å². The lowest BCUT2D eigenvalue weighted by molar-refractivity contribution is -0.128. The van der Waals surface area contributed by atoms with E-state index in [2.05, 4.69) is 17.6 Å². The third-order valence-electron chi connectivity index (χ3n) is 2.62. The Labute approximate surface area is 103 Å². The zero-order chi connectivity index (χ0) is 12.5. The molecule has 0 bridgehead atoms. The SMILES string of the molecule is CCCCNC(=O)COCC1CNCC(C)O1. The molecule has 1 heterocycles. The molecule has 0 aromatic heterocycles. The Hall–Kier alpha value is -0.650. The number of rotatable bonds is 7. The molecular weight excluding hydrogens is 220 g/mol. The van der Waals surface area contributed by atoms with Gasteiger partial charge in [0.25, 0.3) is 0 Å². The molecule has 1 amide bonds. The number of amides is 1. The first kappa shape index (κ1) is 14.4. The van der Waals surface area contributed by atoms with E-state index >= 15 is 0 Å². The van der Waals surface area contributed by atoms with E-state index < -0.39 is 0 Å². The number of hydrogen-bond acceptors (Lipinski definition) is 4. The van der Waals surface area contributed by atoms with Crippen LogP contribution in [0.2, 0.25) is 0 Å². The number of carbonyl (C=O) groups is 1. The summed E-state index contributed by atoms with van der Waals surface area (Å²) in [5.41, 5.74) is 0. The predicted octanol–water partition coefficient (Wildman–Crippen LogP) is 0.296. The van der Waals surface area contributed by atoms with Gasteiger partial charge in [0.15, 0.2) is 0 Å². The number of carbonyl (C=O) groups excluding carboxylic acids is 1. The molecule has 1 rings (SSSR count). The van der Waals surface area contributed by atoms with Crippen molar-refractivity contribution in [2.45, 2.75) is 38.9 Å². The zero-order valence-corrected chi connectivity index (χ0v) is 10.8. The predicted molar refractivity (Wildman–Crippen MR) is 65.9 cm³/mol. The quantitative estimate of drug-likeness (QED) is 0.632. The molecule has 100 valence electrons. The smallest absolute Gasteiger partial charge is 0.245 e. The van der Waals surface area contributed by atoms with Crippen molar-refractivity contribution in [3.05, 3.63) is 0 Å². The number of unbranched alkanes of at least 4 members (excludes halogenated alkanes) is 1. The minimum Gasteiger partial charge on any atom is -0.370 e. The second kappa shape index (κ2) is 8.44. The third kappa shape index (κ3) is 6.61. The summed E-state index contributed by atoms with van der Waals surface area (Å²) < 4.78 is 11.0. The van der Waals surface area contributed by atoms with Gasteiger partial charge < -0.3 is 20.1 Å². The first-order chi connectivity index (χ1) is 8.22. The lowest BCUT2D eigenvalue weighted by atomic mass is 10.2. The van der Waals surface area contributed by atoms with Crippen molar-refractivity contribution in [1.29, 1.82) is 0 Å². The molecule has 17 heavy (non-hydrogen) atoms. The molecule has 2 N–H and O–H groups in total. The summed E-state index contributed by atoms with van der Waals surface area (Å²) in [6.07, 6.45) is 2.37. The average molecular weight is 244 g/mol. The van der Waals surface area contributed by atoms with Gasteiger partial charge in [-0.15, -0.1) is 0 Å². The van der Waals surface area contributed by atoms with Gasteiger partial charge in [0.05, 0.1) is 18.8 Å². The molecule has 1 aliphatic rings. The number of ether oxygens (including phenoxy) is 2. The highest BCUT2D eigenvalue weighted by Gasteiger charge is 2.18. The topological polar surface area (TPSA) is 59.6 Å². The Kier molecular flexibility index (Phi) is 7.16. The Morgan fingerprint density at radius 1 is 1.53 bits per heavy atom. The van der Waals surface area contributed by atoms with Gasteiger partial charge in [0, 0.05) is 19.6 Å². The highest BCUT2D eigenvalue weighted by molar-refractivity contribution is 5.77. The van der Waals surface area contributed by atoms with Crippen LogP contribution in [0.1, 0.15) is 26.7 Å². The van der Waals surface area contributed by atoms with Crippen LogP contribution in [0.3, 0.4) is 0 Å². The average Bonchev–Trinajstić information content (AvgIpc) is 2.29. The molecular formula is C12H24N2O3. The molecule has 2 atom stereocenters. The van der Waals surface area contributed by atoms with Crippen molar-refractivity contribution in [2.75, 3.05) is 32.8 Å². The first-order valence-corrected chi connectivity index (χ1v) is 6.43. The fraction of sp³-hybridized carbons (Fsp3) is 0.917. The maximum absolute atomic E-state index is 11.3. The molecule has 0 aliphatic carbocycles. The molecule has 0 radical (unpaired) electrons. The van der Waals surface area contributed by atoms with Gasteiger partial charge in [-0.3, -0.25) is 4.79 Å². The largest absolute Gasteiger partial charge is 0.370 e. The molecule has 0 aromatic rings. The van der Waals surface area contributed by atoms with Crippen molar-refractivity contribution in [2.24, 2.45) is 0 Å². The summed E-state index contributed by atoms with van der Waals surface area (Å²) in [7, 11) is 0. The van der Waals surface area contributed by atoms with Crippen molar-refractivity contribution in [3.8, 4) is 0 Å². The summed E-state index contributed by atoms with van der Waals surface area (Å²) in [6.45, 7) is 7.12. The van der Waals surface area contributed by atoms with E-state index in [0.717, 1.165) is 32.5 Å².